The summed E-state index contributed by atoms with van der Waals surface area (Å²) in [5, 5.41) is 2.31. The van der Waals surface area contributed by atoms with Gasteiger partial charge in [0.25, 0.3) is 5.56 Å². The number of ether oxygens (including phenoxy) is 1. The van der Waals surface area contributed by atoms with Crippen LogP contribution >= 0.6 is 0 Å². The number of urea groups is 1. The van der Waals surface area contributed by atoms with E-state index in [1.807, 2.05) is 26.1 Å². The Morgan fingerprint density at radius 1 is 0.914 bits per heavy atom. The van der Waals surface area contributed by atoms with Crippen LogP contribution < -0.4 is 10.9 Å². The molecule has 0 aromatic carbocycles. The van der Waals surface area contributed by atoms with Crippen LogP contribution in [0.1, 0.15) is 58.4 Å². The highest BCUT2D eigenvalue weighted by Gasteiger charge is 2.26. The maximum Gasteiger partial charge on any atom is 0.324 e. The number of rotatable bonds is 8. The number of imide groups is 1. The van der Waals surface area contributed by atoms with Crippen LogP contribution in [0.5, 0.6) is 0 Å². The van der Waals surface area contributed by atoms with Crippen LogP contribution in [0.15, 0.2) is 23.1 Å². The molecule has 4 heterocycles. The van der Waals surface area contributed by atoms with Crippen LogP contribution in [0.2, 0.25) is 0 Å². The molecule has 3 amide bonds. The minimum atomic E-state index is -0.429. The minimum Gasteiger partial charge on any atom is -0.375 e. The van der Waals surface area contributed by atoms with Gasteiger partial charge in [-0.05, 0) is 38.3 Å². The number of aromatic nitrogens is 1. The molecule has 196 valence electrons. The summed E-state index contributed by atoms with van der Waals surface area (Å²) < 4.78 is 8.12. The molecule has 0 radical (unpaired) electrons. The van der Waals surface area contributed by atoms with E-state index >= 15 is 0 Å². The molecular formula is C26H43N5O4. The summed E-state index contributed by atoms with van der Waals surface area (Å²) in [6, 6.07) is 3.19. The number of hydrogen-bond donors (Lipinski definition) is 1. The molecule has 0 unspecified atom stereocenters. The largest absolute Gasteiger partial charge is 0.375 e. The van der Waals surface area contributed by atoms with Gasteiger partial charge in [-0.3, -0.25) is 14.9 Å². The van der Waals surface area contributed by atoms with Gasteiger partial charge >= 0.3 is 6.03 Å². The van der Waals surface area contributed by atoms with Crippen molar-refractivity contribution in [1.29, 1.82) is 0 Å². The number of hydrogen-bond acceptors (Lipinski definition) is 6. The number of piperidine rings is 2. The molecule has 0 atom stereocenters. The minimum absolute atomic E-state index is 0.0705. The Morgan fingerprint density at radius 3 is 2.14 bits per heavy atom. The fourth-order valence-corrected chi connectivity index (χ4v) is 4.99. The van der Waals surface area contributed by atoms with E-state index in [1.165, 1.54) is 4.90 Å². The molecule has 0 spiro atoms. The van der Waals surface area contributed by atoms with Gasteiger partial charge in [0, 0.05) is 64.0 Å². The van der Waals surface area contributed by atoms with Gasteiger partial charge in [-0.1, -0.05) is 26.8 Å². The molecule has 3 aliphatic rings. The van der Waals surface area contributed by atoms with Crippen molar-refractivity contribution >= 4 is 11.9 Å². The Hall–Kier alpha value is -2.23. The number of nitrogens with one attached hydrogen (secondary N) is 1. The van der Waals surface area contributed by atoms with Gasteiger partial charge in [0.2, 0.25) is 5.91 Å². The number of nitrogens with zero attached hydrogens (tertiary/aromatic N) is 4. The Labute approximate surface area is 209 Å². The molecule has 1 aromatic heterocycles. The molecule has 0 saturated carbocycles. The monoisotopic (exact) mass is 489 g/mol. The Morgan fingerprint density at radius 2 is 1.54 bits per heavy atom. The van der Waals surface area contributed by atoms with Crippen LogP contribution in [0.3, 0.4) is 0 Å². The highest BCUT2D eigenvalue weighted by atomic mass is 16.5. The zero-order valence-electron chi connectivity index (χ0n) is 21.7. The highest BCUT2D eigenvalue weighted by Crippen LogP contribution is 2.21. The molecule has 0 bridgehead atoms. The van der Waals surface area contributed by atoms with Gasteiger partial charge in [0.1, 0.15) is 0 Å². The van der Waals surface area contributed by atoms with Gasteiger partial charge in [0.15, 0.2) is 0 Å². The van der Waals surface area contributed by atoms with E-state index in [1.54, 1.807) is 10.6 Å². The molecule has 9 nitrogen and oxygen atoms in total. The SMILES string of the molecule is CC.CCN1CCC(OC2CCN(CCn3cccc(CN4CCC(=O)NC4=O)c3=O)CC2)CC1. The number of amides is 3. The summed E-state index contributed by atoms with van der Waals surface area (Å²) in [5.41, 5.74) is 0.502. The third-order valence-corrected chi connectivity index (χ3v) is 7.16. The van der Waals surface area contributed by atoms with E-state index in [9.17, 15) is 14.4 Å². The van der Waals surface area contributed by atoms with Crippen molar-refractivity contribution in [3.05, 3.63) is 34.2 Å². The Bertz CT molecular complexity index is 873. The molecule has 3 aliphatic heterocycles. The maximum atomic E-state index is 12.9. The number of pyridine rings is 1. The van der Waals surface area contributed by atoms with Gasteiger partial charge < -0.3 is 24.0 Å². The predicted molar refractivity (Wildman–Crippen MR) is 136 cm³/mol. The molecule has 3 fully saturated rings. The van der Waals surface area contributed by atoms with Gasteiger partial charge in [-0.15, -0.1) is 0 Å². The zero-order valence-corrected chi connectivity index (χ0v) is 21.7. The van der Waals surface area contributed by atoms with E-state index in [-0.39, 0.29) is 24.4 Å². The second-order valence-corrected chi connectivity index (χ2v) is 9.37. The Balaban J connectivity index is 0.00000167. The van der Waals surface area contributed by atoms with Crippen LogP contribution in [0, 0.1) is 0 Å². The van der Waals surface area contributed by atoms with Crippen LogP contribution in [-0.2, 0) is 22.6 Å². The van der Waals surface area contributed by atoms with E-state index in [2.05, 4.69) is 22.0 Å². The Kier molecular flexibility index (Phi) is 10.7. The lowest BCUT2D eigenvalue weighted by molar-refractivity contribution is -0.121. The average Bonchev–Trinajstić information content (AvgIpc) is 2.88. The second-order valence-electron chi connectivity index (χ2n) is 9.37. The second kappa shape index (κ2) is 13.8. The molecule has 4 rings (SSSR count). The van der Waals surface area contributed by atoms with Crippen molar-refractivity contribution in [2.45, 2.75) is 78.2 Å². The van der Waals surface area contributed by atoms with E-state index in [4.69, 9.17) is 4.74 Å². The lowest BCUT2D eigenvalue weighted by Gasteiger charge is -2.37. The molecule has 9 heteroatoms. The zero-order chi connectivity index (χ0) is 25.2. The number of likely N-dealkylation sites (tertiary alicyclic amines) is 2. The van der Waals surface area contributed by atoms with Crippen LogP contribution in [0.4, 0.5) is 4.79 Å². The first-order valence-corrected chi connectivity index (χ1v) is 13.4. The first-order valence-electron chi connectivity index (χ1n) is 13.4. The quantitative estimate of drug-likeness (QED) is 0.603. The predicted octanol–water partition coefficient (Wildman–Crippen LogP) is 2.28. The molecule has 35 heavy (non-hydrogen) atoms. The van der Waals surface area contributed by atoms with Crippen molar-refractivity contribution in [1.82, 2.24) is 24.6 Å². The topological polar surface area (TPSA) is 87.1 Å². The third-order valence-electron chi connectivity index (χ3n) is 7.16. The van der Waals surface area contributed by atoms with Gasteiger partial charge in [0.05, 0.1) is 18.8 Å². The highest BCUT2D eigenvalue weighted by molar-refractivity contribution is 5.96. The summed E-state index contributed by atoms with van der Waals surface area (Å²) in [6.45, 7) is 13.6. The van der Waals surface area contributed by atoms with E-state index in [0.717, 1.165) is 65.0 Å². The summed E-state index contributed by atoms with van der Waals surface area (Å²) in [6.07, 6.45) is 7.22. The summed E-state index contributed by atoms with van der Waals surface area (Å²) >= 11 is 0. The first-order chi connectivity index (χ1) is 17.0. The molecule has 0 aliphatic carbocycles. The summed E-state index contributed by atoms with van der Waals surface area (Å²) in [7, 11) is 0. The number of carbonyl (C=O) groups is 2. The van der Waals surface area contributed by atoms with Gasteiger partial charge in [-0.2, -0.15) is 0 Å². The van der Waals surface area contributed by atoms with Crippen molar-refractivity contribution in [2.75, 3.05) is 45.8 Å². The average molecular weight is 490 g/mol. The standard InChI is InChI=1S/C24H37N5O4.C2H6/c1-2-26-11-5-20(6-12-26)33-21-7-13-27(14-8-21)16-17-28-10-3-4-19(23(28)31)18-29-15-9-22(30)25-24(29)32;1-2/h3-4,10,20-21H,2,5-9,11-18H2,1H3,(H,25,30,32);1-2H3. The van der Waals surface area contributed by atoms with E-state index < -0.39 is 6.03 Å². The third kappa shape index (κ3) is 7.88. The van der Waals surface area contributed by atoms with Crippen molar-refractivity contribution in [3.8, 4) is 0 Å². The maximum absolute atomic E-state index is 12.9. The fraction of sp³-hybridized carbons (Fsp3) is 0.731. The number of carbonyl (C=O) groups excluding carboxylic acids is 2. The molecule has 3 saturated heterocycles. The molecule has 1 N–H and O–H groups in total. The molecular weight excluding hydrogens is 446 g/mol. The lowest BCUT2D eigenvalue weighted by Crippen LogP contribution is -2.49. The van der Waals surface area contributed by atoms with Crippen molar-refractivity contribution in [3.63, 3.8) is 0 Å². The smallest absolute Gasteiger partial charge is 0.324 e. The van der Waals surface area contributed by atoms with Crippen molar-refractivity contribution in [2.24, 2.45) is 0 Å². The van der Waals surface area contributed by atoms with Gasteiger partial charge in [-0.25, -0.2) is 4.79 Å². The van der Waals surface area contributed by atoms with Crippen LogP contribution in [0.25, 0.3) is 0 Å². The first kappa shape index (κ1) is 27.4. The molecule has 1 aromatic rings. The van der Waals surface area contributed by atoms with Crippen molar-refractivity contribution < 1.29 is 14.3 Å². The van der Waals surface area contributed by atoms with E-state index in [0.29, 0.717) is 30.9 Å². The lowest BCUT2D eigenvalue weighted by atomic mass is 10.0. The normalized spacial score (nSPS) is 20.9. The summed E-state index contributed by atoms with van der Waals surface area (Å²) in [5.74, 6) is -0.266. The van der Waals surface area contributed by atoms with Crippen LogP contribution in [-0.4, -0.2) is 89.2 Å². The fourth-order valence-electron chi connectivity index (χ4n) is 4.99. The summed E-state index contributed by atoms with van der Waals surface area (Å²) in [4.78, 5) is 42.6.